The molecule has 96 valence electrons. The average Bonchev–Trinajstić information content (AvgIpc) is 2.14. The Morgan fingerprint density at radius 3 is 2.00 bits per heavy atom. The molecule has 1 N–H and O–H groups in total. The first-order valence-corrected chi connectivity index (χ1v) is 7.88. The molecule has 1 atom stereocenters. The normalized spacial score (nSPS) is 26.8. The zero-order valence-electron chi connectivity index (χ0n) is 11.5. The molecule has 1 aliphatic heterocycles. The zero-order chi connectivity index (χ0) is 12.6. The van der Waals surface area contributed by atoms with E-state index in [4.69, 9.17) is 8.85 Å². The smallest absolute Gasteiger partial charge is 0.349 e. The number of hydrogen-bond acceptors (Lipinski definition) is 3. The Morgan fingerprint density at radius 1 is 1.12 bits per heavy atom. The Hall–Kier alpha value is 0.0969. The van der Waals surface area contributed by atoms with Gasteiger partial charge < -0.3 is 14.0 Å². The van der Waals surface area contributed by atoms with Crippen molar-refractivity contribution in [1.29, 1.82) is 0 Å². The van der Waals surface area contributed by atoms with Gasteiger partial charge in [0, 0.05) is 16.7 Å². The third-order valence-electron chi connectivity index (χ3n) is 3.26. The van der Waals surface area contributed by atoms with Crippen LogP contribution in [0.1, 0.15) is 48.0 Å². The van der Waals surface area contributed by atoms with Gasteiger partial charge in [-0.15, -0.1) is 0 Å². The first kappa shape index (κ1) is 14.2. The van der Waals surface area contributed by atoms with E-state index in [2.05, 4.69) is 41.5 Å². The molecule has 0 aromatic carbocycles. The van der Waals surface area contributed by atoms with E-state index in [1.807, 2.05) is 0 Å². The van der Waals surface area contributed by atoms with E-state index in [9.17, 15) is 5.11 Å². The van der Waals surface area contributed by atoms with E-state index in [1.54, 1.807) is 0 Å². The molecular formula is C12H26O3Si. The summed E-state index contributed by atoms with van der Waals surface area (Å²) in [4.78, 5) is 0. The number of aliphatic hydroxyl groups is 1. The topological polar surface area (TPSA) is 38.7 Å². The molecule has 0 saturated carbocycles. The van der Waals surface area contributed by atoms with Gasteiger partial charge >= 0.3 is 8.56 Å². The van der Waals surface area contributed by atoms with E-state index in [-0.39, 0.29) is 22.8 Å². The lowest BCUT2D eigenvalue weighted by molar-refractivity contribution is -0.00656. The van der Waals surface area contributed by atoms with Gasteiger partial charge in [-0.2, -0.15) is 0 Å². The molecule has 1 heterocycles. The average molecular weight is 246 g/mol. The van der Waals surface area contributed by atoms with E-state index in [0.29, 0.717) is 6.61 Å². The predicted octanol–water partition coefficient (Wildman–Crippen LogP) is 2.83. The van der Waals surface area contributed by atoms with Crippen molar-refractivity contribution in [2.45, 2.75) is 64.1 Å². The Kier molecular flexibility index (Phi) is 3.90. The molecule has 0 amide bonds. The molecule has 4 heteroatoms. The highest BCUT2D eigenvalue weighted by atomic mass is 28.4. The lowest BCUT2D eigenvalue weighted by Gasteiger charge is -2.52. The van der Waals surface area contributed by atoms with Gasteiger partial charge in [0.25, 0.3) is 0 Å². The summed E-state index contributed by atoms with van der Waals surface area (Å²) in [5.74, 6) is 0. The van der Waals surface area contributed by atoms with Crippen LogP contribution in [0.15, 0.2) is 0 Å². The number of rotatable bonds is 1. The number of aliphatic hydroxyl groups excluding tert-OH is 1. The lowest BCUT2D eigenvalue weighted by atomic mass is 10.2. The second-order valence-corrected chi connectivity index (χ2v) is 11.4. The highest BCUT2D eigenvalue weighted by Gasteiger charge is 2.60. The predicted molar refractivity (Wildman–Crippen MR) is 67.7 cm³/mol. The molecule has 1 saturated heterocycles. The van der Waals surface area contributed by atoms with Crippen LogP contribution in [0.5, 0.6) is 0 Å². The highest BCUT2D eigenvalue weighted by Crippen LogP contribution is 2.53. The minimum atomic E-state index is -2.33. The maximum atomic E-state index is 9.30. The minimum Gasteiger partial charge on any atom is -0.394 e. The van der Waals surface area contributed by atoms with Crippen LogP contribution in [-0.2, 0) is 8.85 Å². The Labute approximate surface area is 100 Å². The SMILES string of the molecule is CC(C)(C)[Si]1(C(C)(C)C)OCC[C@H](CO)O1. The second-order valence-electron chi connectivity index (χ2n) is 6.68. The van der Waals surface area contributed by atoms with Gasteiger partial charge in [-0.25, -0.2) is 0 Å². The van der Waals surface area contributed by atoms with Gasteiger partial charge in [-0.1, -0.05) is 41.5 Å². The summed E-state index contributed by atoms with van der Waals surface area (Å²) in [6.07, 6.45) is 0.760. The highest BCUT2D eigenvalue weighted by molar-refractivity contribution is 6.73. The van der Waals surface area contributed by atoms with Gasteiger partial charge in [0.15, 0.2) is 0 Å². The van der Waals surface area contributed by atoms with Crippen LogP contribution < -0.4 is 0 Å². The molecule has 0 aliphatic carbocycles. The van der Waals surface area contributed by atoms with Gasteiger partial charge in [0.1, 0.15) is 0 Å². The van der Waals surface area contributed by atoms with Gasteiger partial charge in [0.05, 0.1) is 12.7 Å². The van der Waals surface area contributed by atoms with Crippen molar-refractivity contribution < 1.29 is 14.0 Å². The number of hydrogen-bond donors (Lipinski definition) is 1. The lowest BCUT2D eigenvalue weighted by Crippen LogP contribution is -2.62. The van der Waals surface area contributed by atoms with Crippen LogP contribution in [0.3, 0.4) is 0 Å². The van der Waals surface area contributed by atoms with E-state index in [1.165, 1.54) is 0 Å². The maximum absolute atomic E-state index is 9.30. The maximum Gasteiger partial charge on any atom is 0.349 e. The third kappa shape index (κ3) is 2.35. The van der Waals surface area contributed by atoms with Crippen LogP contribution in [0, 0.1) is 0 Å². The fraction of sp³-hybridized carbons (Fsp3) is 1.00. The summed E-state index contributed by atoms with van der Waals surface area (Å²) in [5, 5.41) is 9.32. The monoisotopic (exact) mass is 246 g/mol. The van der Waals surface area contributed by atoms with Crippen molar-refractivity contribution in [2.75, 3.05) is 13.2 Å². The van der Waals surface area contributed by atoms with E-state index in [0.717, 1.165) is 6.42 Å². The summed E-state index contributed by atoms with van der Waals surface area (Å²) >= 11 is 0. The second kappa shape index (κ2) is 4.41. The van der Waals surface area contributed by atoms with Crippen LogP contribution in [0.25, 0.3) is 0 Å². The zero-order valence-corrected chi connectivity index (χ0v) is 12.5. The Bertz CT molecular complexity index is 226. The van der Waals surface area contributed by atoms with Gasteiger partial charge in [-0.05, 0) is 6.42 Å². The van der Waals surface area contributed by atoms with Crippen LogP contribution in [-0.4, -0.2) is 33.0 Å². The molecule has 16 heavy (non-hydrogen) atoms. The fourth-order valence-electron chi connectivity index (χ4n) is 2.70. The van der Waals surface area contributed by atoms with Gasteiger partial charge in [0.2, 0.25) is 0 Å². The largest absolute Gasteiger partial charge is 0.394 e. The Morgan fingerprint density at radius 2 is 1.62 bits per heavy atom. The van der Waals surface area contributed by atoms with E-state index < -0.39 is 8.56 Å². The van der Waals surface area contributed by atoms with Crippen LogP contribution in [0.2, 0.25) is 10.1 Å². The molecule has 0 unspecified atom stereocenters. The fourth-order valence-corrected chi connectivity index (χ4v) is 7.66. The molecule has 0 spiro atoms. The first-order valence-electron chi connectivity index (χ1n) is 6.07. The molecular weight excluding hydrogens is 220 g/mol. The third-order valence-corrected chi connectivity index (χ3v) is 8.48. The van der Waals surface area contributed by atoms with Crippen molar-refractivity contribution in [1.82, 2.24) is 0 Å². The summed E-state index contributed by atoms with van der Waals surface area (Å²) < 4.78 is 12.4. The van der Waals surface area contributed by atoms with E-state index >= 15 is 0 Å². The molecule has 1 rings (SSSR count). The van der Waals surface area contributed by atoms with Crippen molar-refractivity contribution in [3.05, 3.63) is 0 Å². The van der Waals surface area contributed by atoms with Crippen LogP contribution in [0.4, 0.5) is 0 Å². The first-order chi connectivity index (χ1) is 7.14. The molecule has 3 nitrogen and oxygen atoms in total. The summed E-state index contributed by atoms with van der Waals surface area (Å²) in [6.45, 7) is 13.9. The molecule has 0 aromatic rings. The van der Waals surface area contributed by atoms with Crippen molar-refractivity contribution in [2.24, 2.45) is 0 Å². The summed E-state index contributed by atoms with van der Waals surface area (Å²) in [7, 11) is -2.33. The molecule has 0 aromatic heterocycles. The molecule has 1 fully saturated rings. The summed E-state index contributed by atoms with van der Waals surface area (Å²) in [6, 6.07) is 0. The quantitative estimate of drug-likeness (QED) is 0.723. The van der Waals surface area contributed by atoms with Crippen molar-refractivity contribution >= 4 is 8.56 Å². The minimum absolute atomic E-state index is 0.0130. The Balaban J connectivity index is 3.06. The summed E-state index contributed by atoms with van der Waals surface area (Å²) in [5.41, 5.74) is 0. The molecule has 1 aliphatic rings. The standard InChI is InChI=1S/C12H26O3Si/c1-11(2,3)16(12(4,5)6)14-8-7-10(9-13)15-16/h10,13H,7-9H2,1-6H3/t10-/m1/s1. The van der Waals surface area contributed by atoms with Crippen LogP contribution >= 0.6 is 0 Å². The van der Waals surface area contributed by atoms with Gasteiger partial charge in [-0.3, -0.25) is 0 Å². The van der Waals surface area contributed by atoms with Crippen molar-refractivity contribution in [3.8, 4) is 0 Å². The molecule has 0 bridgehead atoms. The van der Waals surface area contributed by atoms with Crippen molar-refractivity contribution in [3.63, 3.8) is 0 Å². The molecule has 0 radical (unpaired) electrons.